The number of ether oxygens (including phenoxy) is 1. The van der Waals surface area contributed by atoms with E-state index in [1.165, 1.54) is 44.1 Å². The van der Waals surface area contributed by atoms with Gasteiger partial charge in [-0.25, -0.2) is 10.3 Å². The average Bonchev–Trinajstić information content (AvgIpc) is 3.31. The van der Waals surface area contributed by atoms with E-state index in [0.717, 1.165) is 48.8 Å². The minimum atomic E-state index is -0.991. The molecular weight excluding hydrogens is 498 g/mol. The summed E-state index contributed by atoms with van der Waals surface area (Å²) >= 11 is 0. The number of rotatable bonds is 17. The van der Waals surface area contributed by atoms with Crippen molar-refractivity contribution < 1.29 is 29.1 Å². The van der Waals surface area contributed by atoms with E-state index < -0.39 is 5.97 Å². The van der Waals surface area contributed by atoms with Crippen molar-refractivity contribution in [3.63, 3.8) is 0 Å². The van der Waals surface area contributed by atoms with Crippen LogP contribution in [0, 0.1) is 5.92 Å². The third-order valence-electron chi connectivity index (χ3n) is 7.15. The maximum absolute atomic E-state index is 12.5. The highest BCUT2D eigenvalue weighted by Gasteiger charge is 2.23. The number of carboxylic acids is 1. The minimum absolute atomic E-state index is 0.237. The van der Waals surface area contributed by atoms with Gasteiger partial charge in [-0.3, -0.25) is 14.4 Å². The Morgan fingerprint density at radius 1 is 1.13 bits per heavy atom. The van der Waals surface area contributed by atoms with Crippen molar-refractivity contribution in [3.8, 4) is 5.75 Å². The molecule has 0 spiro atoms. The van der Waals surface area contributed by atoms with Crippen LogP contribution in [0.1, 0.15) is 96.2 Å². The number of aromatic amines is 1. The van der Waals surface area contributed by atoms with E-state index in [1.54, 1.807) is 6.07 Å². The lowest BCUT2D eigenvalue weighted by atomic mass is 10.0. The first kappa shape index (κ1) is 32.1. The fourth-order valence-corrected chi connectivity index (χ4v) is 4.80. The van der Waals surface area contributed by atoms with Crippen LogP contribution in [0.4, 0.5) is 0 Å². The second kappa shape index (κ2) is 18.3. The van der Waals surface area contributed by atoms with E-state index in [9.17, 15) is 14.4 Å². The fraction of sp³-hybridized carbons (Fsp3) is 0.633. The summed E-state index contributed by atoms with van der Waals surface area (Å²) in [5, 5.41) is 9.81. The molecule has 1 atom stereocenters. The highest BCUT2D eigenvalue weighted by molar-refractivity contribution is 5.87. The number of hydrogen-bond acceptors (Lipinski definition) is 5. The summed E-state index contributed by atoms with van der Waals surface area (Å²) in [5.41, 5.74) is 5.49. The van der Waals surface area contributed by atoms with Crippen molar-refractivity contribution in [1.29, 1.82) is 0 Å². The zero-order valence-electron chi connectivity index (χ0n) is 23.9. The zero-order valence-corrected chi connectivity index (χ0v) is 23.9. The number of hydrogen-bond donors (Lipinski definition) is 3. The number of fused-ring (bicyclic) bond motifs is 3. The monoisotopic (exact) mass is 545 g/mol. The summed E-state index contributed by atoms with van der Waals surface area (Å²) < 4.78 is 5.29. The molecule has 2 amide bonds. The number of hydroxylamine groups is 1. The lowest BCUT2D eigenvalue weighted by molar-refractivity contribution is -0.139. The SMILES string of the molecule is CCCCC(CC)CONC=O.CCCCCCCC(=O)N1CCc2c([nH]c3ccc(OCC(=O)O)cc23)C1. The molecule has 1 aliphatic heterocycles. The van der Waals surface area contributed by atoms with Gasteiger partial charge in [0.1, 0.15) is 5.75 Å². The van der Waals surface area contributed by atoms with Crippen LogP contribution in [-0.2, 0) is 32.2 Å². The van der Waals surface area contributed by atoms with Crippen LogP contribution in [0.5, 0.6) is 5.75 Å². The Morgan fingerprint density at radius 2 is 1.90 bits per heavy atom. The number of carbonyl (C=O) groups is 3. The maximum Gasteiger partial charge on any atom is 0.341 e. The number of nitrogens with one attached hydrogen (secondary N) is 2. The third-order valence-corrected chi connectivity index (χ3v) is 7.15. The van der Waals surface area contributed by atoms with Gasteiger partial charge in [-0.05, 0) is 48.9 Å². The molecule has 3 N–H and O–H groups in total. The average molecular weight is 546 g/mol. The standard InChI is InChI=1S/C21H28N2O4.C9H19NO2/c1-2-3-4-5-6-7-20(24)23-11-10-16-17-12-15(27-14-21(25)26)8-9-18(17)22-19(16)13-23;1-3-5-6-9(4-2)7-12-10-8-11/h8-9,12,22H,2-7,10-11,13-14H2,1H3,(H,25,26);8-9H,3-7H2,1-2H3,(H,10,11). The van der Waals surface area contributed by atoms with Crippen LogP contribution >= 0.6 is 0 Å². The molecule has 0 saturated carbocycles. The summed E-state index contributed by atoms with van der Waals surface area (Å²) in [5.74, 6) is 0.381. The number of benzene rings is 1. The van der Waals surface area contributed by atoms with E-state index in [0.29, 0.717) is 37.6 Å². The predicted octanol–water partition coefficient (Wildman–Crippen LogP) is 5.76. The molecule has 1 unspecified atom stereocenters. The molecule has 1 aromatic carbocycles. The number of nitrogens with zero attached hydrogens (tertiary/aromatic N) is 1. The second-order valence-corrected chi connectivity index (χ2v) is 10.2. The van der Waals surface area contributed by atoms with E-state index in [2.05, 4.69) is 31.2 Å². The summed E-state index contributed by atoms with van der Waals surface area (Å²) in [7, 11) is 0. The van der Waals surface area contributed by atoms with Crippen molar-refractivity contribution in [3.05, 3.63) is 29.5 Å². The molecule has 9 nitrogen and oxygen atoms in total. The van der Waals surface area contributed by atoms with Crippen molar-refractivity contribution in [1.82, 2.24) is 15.4 Å². The number of H-pyrrole nitrogens is 1. The van der Waals surface area contributed by atoms with Gasteiger partial charge in [0.05, 0.1) is 13.2 Å². The molecule has 0 saturated heterocycles. The molecule has 2 aromatic rings. The third kappa shape index (κ3) is 11.3. The maximum atomic E-state index is 12.5. The van der Waals surface area contributed by atoms with Crippen LogP contribution in [0.3, 0.4) is 0 Å². The van der Waals surface area contributed by atoms with Gasteiger partial charge in [-0.15, -0.1) is 0 Å². The van der Waals surface area contributed by atoms with E-state index in [4.69, 9.17) is 14.7 Å². The number of carbonyl (C=O) groups excluding carboxylic acids is 2. The number of aromatic nitrogens is 1. The van der Waals surface area contributed by atoms with Crippen molar-refractivity contribution in [2.24, 2.45) is 5.92 Å². The van der Waals surface area contributed by atoms with Gasteiger partial charge in [0.25, 0.3) is 0 Å². The van der Waals surface area contributed by atoms with Gasteiger partial charge in [0.2, 0.25) is 12.3 Å². The van der Waals surface area contributed by atoms with Gasteiger partial charge in [-0.2, -0.15) is 0 Å². The van der Waals surface area contributed by atoms with Crippen LogP contribution in [-0.4, -0.2) is 53.0 Å². The minimum Gasteiger partial charge on any atom is -0.482 e. The predicted molar refractivity (Wildman–Crippen MR) is 152 cm³/mol. The van der Waals surface area contributed by atoms with Crippen LogP contribution in [0.25, 0.3) is 10.9 Å². The lowest BCUT2D eigenvalue weighted by Crippen LogP contribution is -2.35. The van der Waals surface area contributed by atoms with E-state index in [-0.39, 0.29) is 12.5 Å². The number of aliphatic carboxylic acids is 1. The quantitative estimate of drug-likeness (QED) is 0.132. The van der Waals surface area contributed by atoms with Gasteiger partial charge in [0.15, 0.2) is 6.61 Å². The van der Waals surface area contributed by atoms with E-state index in [1.807, 2.05) is 17.0 Å². The van der Waals surface area contributed by atoms with Gasteiger partial charge < -0.3 is 19.7 Å². The van der Waals surface area contributed by atoms with Crippen molar-refractivity contribution in [2.75, 3.05) is 19.8 Å². The second-order valence-electron chi connectivity index (χ2n) is 10.2. The van der Waals surface area contributed by atoms with Gasteiger partial charge in [-0.1, -0.05) is 65.7 Å². The molecule has 0 fully saturated rings. The first-order valence-corrected chi connectivity index (χ1v) is 14.5. The Hall–Kier alpha value is -3.07. The summed E-state index contributed by atoms with van der Waals surface area (Å²) in [6.07, 6.45) is 12.5. The highest BCUT2D eigenvalue weighted by atomic mass is 16.6. The lowest BCUT2D eigenvalue weighted by Gasteiger charge is -2.27. The largest absolute Gasteiger partial charge is 0.482 e. The van der Waals surface area contributed by atoms with Gasteiger partial charge >= 0.3 is 5.97 Å². The molecule has 3 rings (SSSR count). The van der Waals surface area contributed by atoms with Crippen LogP contribution in [0.15, 0.2) is 18.2 Å². The summed E-state index contributed by atoms with van der Waals surface area (Å²) in [6, 6.07) is 5.57. The molecule has 218 valence electrons. The van der Waals surface area contributed by atoms with Gasteiger partial charge in [0, 0.05) is 29.6 Å². The number of carboxylic acid groups (broad SMARTS) is 1. The molecule has 39 heavy (non-hydrogen) atoms. The molecule has 9 heteroatoms. The van der Waals surface area contributed by atoms with E-state index >= 15 is 0 Å². The first-order valence-electron chi connectivity index (χ1n) is 14.5. The summed E-state index contributed by atoms with van der Waals surface area (Å²) in [6.45, 7) is 8.14. The molecule has 0 aliphatic carbocycles. The molecular formula is C30H47N3O6. The number of amides is 2. The normalized spacial score (nSPS) is 13.3. The Morgan fingerprint density at radius 3 is 2.59 bits per heavy atom. The number of unbranched alkanes of at least 4 members (excludes halogenated alkanes) is 5. The Kier molecular flexibility index (Phi) is 15.0. The topological polar surface area (TPSA) is 121 Å². The summed E-state index contributed by atoms with van der Waals surface area (Å²) in [4.78, 5) is 43.3. The van der Waals surface area contributed by atoms with Crippen molar-refractivity contribution >= 4 is 29.2 Å². The van der Waals surface area contributed by atoms with Crippen molar-refractivity contribution in [2.45, 2.75) is 97.9 Å². The zero-order chi connectivity index (χ0) is 28.5. The van der Waals surface area contributed by atoms with Crippen LogP contribution in [0.2, 0.25) is 0 Å². The first-order chi connectivity index (χ1) is 18.9. The highest BCUT2D eigenvalue weighted by Crippen LogP contribution is 2.30. The molecule has 1 aliphatic rings. The Labute approximate surface area is 232 Å². The Balaban J connectivity index is 0.000000377. The van der Waals surface area contributed by atoms with Crippen LogP contribution < -0.4 is 10.2 Å². The molecule has 0 radical (unpaired) electrons. The fourth-order valence-electron chi connectivity index (χ4n) is 4.80. The smallest absolute Gasteiger partial charge is 0.341 e. The Bertz CT molecular complexity index is 1020. The molecule has 1 aromatic heterocycles. The molecule has 0 bridgehead atoms. The molecule has 2 heterocycles.